The van der Waals surface area contributed by atoms with Crippen molar-refractivity contribution >= 4 is 17.5 Å². The zero-order chi connectivity index (χ0) is 15.2. The molecule has 2 atom stereocenters. The second kappa shape index (κ2) is 7.22. The van der Waals surface area contributed by atoms with Crippen molar-refractivity contribution in [1.29, 1.82) is 0 Å². The van der Waals surface area contributed by atoms with E-state index in [2.05, 4.69) is 5.32 Å². The number of rotatable bonds is 5. The Morgan fingerprint density at radius 2 is 1.62 bits per heavy atom. The Bertz CT molecular complexity index is 586. The molecule has 0 aliphatic heterocycles. The van der Waals surface area contributed by atoms with Crippen molar-refractivity contribution in [3.8, 4) is 0 Å². The molecular weight excluding hydrogens is 290 g/mol. The van der Waals surface area contributed by atoms with Crippen LogP contribution in [0.4, 0.5) is 0 Å². The maximum absolute atomic E-state index is 11.8. The fraction of sp³-hybridized carbons (Fsp3) is 0.188. The molecule has 0 aliphatic carbocycles. The summed E-state index contributed by atoms with van der Waals surface area (Å²) in [6.07, 6.45) is -2.10. The molecule has 3 N–H and O–H groups in total. The largest absolute Gasteiger partial charge is 0.387 e. The van der Waals surface area contributed by atoms with Crippen LogP contribution in [0.1, 0.15) is 23.3 Å². The van der Waals surface area contributed by atoms with Crippen molar-refractivity contribution in [2.45, 2.75) is 12.2 Å². The van der Waals surface area contributed by atoms with Gasteiger partial charge in [-0.1, -0.05) is 54.1 Å². The van der Waals surface area contributed by atoms with Crippen LogP contribution < -0.4 is 5.32 Å². The Hall–Kier alpha value is -1.88. The molecule has 0 bridgehead atoms. The molecule has 0 aromatic heterocycles. The topological polar surface area (TPSA) is 69.6 Å². The summed E-state index contributed by atoms with van der Waals surface area (Å²) in [7, 11) is 0. The maximum atomic E-state index is 11.8. The fourth-order valence-corrected chi connectivity index (χ4v) is 2.01. The Kier molecular flexibility index (Phi) is 5.33. The zero-order valence-corrected chi connectivity index (χ0v) is 12.0. The van der Waals surface area contributed by atoms with E-state index in [1.807, 2.05) is 0 Å². The van der Waals surface area contributed by atoms with Gasteiger partial charge in [-0.15, -0.1) is 0 Å². The highest BCUT2D eigenvalue weighted by Gasteiger charge is 2.18. The van der Waals surface area contributed by atoms with Gasteiger partial charge in [-0.3, -0.25) is 4.79 Å². The number of hydrogen-bond donors (Lipinski definition) is 3. The predicted molar refractivity (Wildman–Crippen MR) is 80.8 cm³/mol. The SMILES string of the molecule is O=C(NCC(O)c1ccc(Cl)cc1)[C@@H](O)c1ccccc1. The second-order valence-corrected chi connectivity index (χ2v) is 5.06. The summed E-state index contributed by atoms with van der Waals surface area (Å²) in [5.41, 5.74) is 1.16. The third-order valence-corrected chi connectivity index (χ3v) is 3.34. The molecule has 2 rings (SSSR count). The van der Waals surface area contributed by atoms with E-state index in [4.69, 9.17) is 11.6 Å². The van der Waals surface area contributed by atoms with Gasteiger partial charge in [0.25, 0.3) is 5.91 Å². The normalized spacial score (nSPS) is 13.5. The molecule has 2 aromatic carbocycles. The number of aliphatic hydroxyl groups excluding tert-OH is 2. The van der Waals surface area contributed by atoms with Crippen LogP contribution in [0.25, 0.3) is 0 Å². The summed E-state index contributed by atoms with van der Waals surface area (Å²) >= 11 is 5.77. The van der Waals surface area contributed by atoms with Gasteiger partial charge in [-0.25, -0.2) is 0 Å². The van der Waals surface area contributed by atoms with Gasteiger partial charge in [0.05, 0.1) is 6.10 Å². The minimum atomic E-state index is -1.25. The molecule has 1 unspecified atom stereocenters. The quantitative estimate of drug-likeness (QED) is 0.793. The Morgan fingerprint density at radius 1 is 1.00 bits per heavy atom. The highest BCUT2D eigenvalue weighted by Crippen LogP contribution is 2.16. The molecular formula is C16H16ClNO3. The van der Waals surface area contributed by atoms with Gasteiger partial charge >= 0.3 is 0 Å². The van der Waals surface area contributed by atoms with Crippen LogP contribution in [0.2, 0.25) is 5.02 Å². The van der Waals surface area contributed by atoms with Crippen LogP contribution in [0.5, 0.6) is 0 Å². The van der Waals surface area contributed by atoms with Gasteiger partial charge in [0, 0.05) is 11.6 Å². The number of nitrogens with one attached hydrogen (secondary N) is 1. The molecule has 0 radical (unpaired) electrons. The molecule has 5 heteroatoms. The molecule has 4 nitrogen and oxygen atoms in total. The molecule has 110 valence electrons. The first-order chi connectivity index (χ1) is 10.1. The Balaban J connectivity index is 1.90. The fourth-order valence-electron chi connectivity index (χ4n) is 1.88. The number of carbonyl (C=O) groups excluding carboxylic acids is 1. The molecule has 0 fully saturated rings. The van der Waals surface area contributed by atoms with Gasteiger partial charge < -0.3 is 15.5 Å². The molecule has 0 aliphatic rings. The lowest BCUT2D eigenvalue weighted by Gasteiger charge is -2.15. The maximum Gasteiger partial charge on any atom is 0.253 e. The molecule has 2 aromatic rings. The first kappa shape index (κ1) is 15.5. The summed E-state index contributed by atoms with van der Waals surface area (Å²) < 4.78 is 0. The predicted octanol–water partition coefficient (Wildman–Crippen LogP) is 2.22. The number of aliphatic hydroxyl groups is 2. The van der Waals surface area contributed by atoms with Crippen molar-refractivity contribution in [1.82, 2.24) is 5.32 Å². The van der Waals surface area contributed by atoms with Crippen LogP contribution in [-0.2, 0) is 4.79 Å². The molecule has 21 heavy (non-hydrogen) atoms. The molecule has 1 amide bonds. The number of halogens is 1. The number of hydrogen-bond acceptors (Lipinski definition) is 3. The lowest BCUT2D eigenvalue weighted by Crippen LogP contribution is -2.32. The Labute approximate surface area is 128 Å². The lowest BCUT2D eigenvalue weighted by molar-refractivity contribution is -0.130. The van der Waals surface area contributed by atoms with E-state index in [0.717, 1.165) is 0 Å². The highest BCUT2D eigenvalue weighted by atomic mass is 35.5. The summed E-state index contributed by atoms with van der Waals surface area (Å²) in [6, 6.07) is 15.3. The van der Waals surface area contributed by atoms with Gasteiger partial charge in [0.15, 0.2) is 6.10 Å². The first-order valence-corrected chi connectivity index (χ1v) is 6.90. The van der Waals surface area contributed by atoms with E-state index in [1.54, 1.807) is 54.6 Å². The number of amides is 1. The summed E-state index contributed by atoms with van der Waals surface area (Å²) in [6.45, 7) is 0.0182. The van der Waals surface area contributed by atoms with E-state index >= 15 is 0 Å². The summed E-state index contributed by atoms with van der Waals surface area (Å²) in [4.78, 5) is 11.8. The van der Waals surface area contributed by atoms with E-state index < -0.39 is 18.1 Å². The number of benzene rings is 2. The van der Waals surface area contributed by atoms with Crippen LogP contribution in [0, 0.1) is 0 Å². The van der Waals surface area contributed by atoms with Crippen LogP contribution in [-0.4, -0.2) is 22.7 Å². The van der Waals surface area contributed by atoms with Crippen molar-refractivity contribution in [2.75, 3.05) is 6.54 Å². The smallest absolute Gasteiger partial charge is 0.253 e. The molecule has 0 saturated carbocycles. The third kappa shape index (κ3) is 4.29. The van der Waals surface area contributed by atoms with Crippen molar-refractivity contribution in [2.24, 2.45) is 0 Å². The minimum absolute atomic E-state index is 0.0182. The van der Waals surface area contributed by atoms with Gasteiger partial charge in [0.1, 0.15) is 0 Å². The third-order valence-electron chi connectivity index (χ3n) is 3.09. The summed E-state index contributed by atoms with van der Waals surface area (Å²) in [5, 5.41) is 23.0. The van der Waals surface area contributed by atoms with Crippen LogP contribution in [0.15, 0.2) is 54.6 Å². The monoisotopic (exact) mass is 305 g/mol. The Morgan fingerprint density at radius 3 is 2.24 bits per heavy atom. The lowest BCUT2D eigenvalue weighted by atomic mass is 10.1. The molecule has 0 spiro atoms. The number of carbonyl (C=O) groups is 1. The van der Waals surface area contributed by atoms with E-state index in [-0.39, 0.29) is 6.54 Å². The van der Waals surface area contributed by atoms with Crippen molar-refractivity contribution in [3.05, 3.63) is 70.7 Å². The molecule has 0 heterocycles. The molecule has 0 saturated heterocycles. The average Bonchev–Trinajstić information content (AvgIpc) is 2.53. The van der Waals surface area contributed by atoms with E-state index in [0.29, 0.717) is 16.1 Å². The van der Waals surface area contributed by atoms with Gasteiger partial charge in [0.2, 0.25) is 0 Å². The second-order valence-electron chi connectivity index (χ2n) is 4.63. The van der Waals surface area contributed by atoms with Crippen molar-refractivity contribution in [3.63, 3.8) is 0 Å². The highest BCUT2D eigenvalue weighted by molar-refractivity contribution is 6.30. The minimum Gasteiger partial charge on any atom is -0.387 e. The first-order valence-electron chi connectivity index (χ1n) is 6.52. The summed E-state index contributed by atoms with van der Waals surface area (Å²) in [5.74, 6) is -0.547. The van der Waals surface area contributed by atoms with Gasteiger partial charge in [-0.05, 0) is 23.3 Å². The van der Waals surface area contributed by atoms with Crippen molar-refractivity contribution < 1.29 is 15.0 Å². The average molecular weight is 306 g/mol. The van der Waals surface area contributed by atoms with E-state index in [1.165, 1.54) is 0 Å². The van der Waals surface area contributed by atoms with E-state index in [9.17, 15) is 15.0 Å². The van der Waals surface area contributed by atoms with Crippen LogP contribution >= 0.6 is 11.6 Å². The standard InChI is InChI=1S/C16H16ClNO3/c17-13-8-6-11(7-9-13)14(19)10-18-16(21)15(20)12-4-2-1-3-5-12/h1-9,14-15,19-20H,10H2,(H,18,21)/t14?,15-/m0/s1. The van der Waals surface area contributed by atoms with Crippen LogP contribution in [0.3, 0.4) is 0 Å². The van der Waals surface area contributed by atoms with Gasteiger partial charge in [-0.2, -0.15) is 0 Å². The zero-order valence-electron chi connectivity index (χ0n) is 11.2.